The lowest BCUT2D eigenvalue weighted by Gasteiger charge is -2.24. The van der Waals surface area contributed by atoms with Crippen LogP contribution in [0.3, 0.4) is 0 Å². The van der Waals surface area contributed by atoms with Crippen LogP contribution in [0.25, 0.3) is 0 Å². The molecule has 0 bridgehead atoms. The highest BCUT2D eigenvalue weighted by molar-refractivity contribution is 5.83. The molecule has 1 heterocycles. The van der Waals surface area contributed by atoms with E-state index in [9.17, 15) is 9.90 Å². The van der Waals surface area contributed by atoms with E-state index >= 15 is 0 Å². The second kappa shape index (κ2) is 6.01. The standard InChI is InChI=1S/C15H21NO2/c1-2-3-9-13-10-14(17)15(18)16(13)11-12-7-5-4-6-8-12/h4-8,13-14,17H,2-3,9-11H2,1H3/t13-,14+/m1/s1. The van der Waals surface area contributed by atoms with Crippen molar-refractivity contribution < 1.29 is 9.90 Å². The van der Waals surface area contributed by atoms with Crippen molar-refractivity contribution in [3.63, 3.8) is 0 Å². The van der Waals surface area contributed by atoms with Gasteiger partial charge in [-0.15, -0.1) is 0 Å². The molecule has 1 aromatic carbocycles. The molecule has 1 aliphatic rings. The lowest BCUT2D eigenvalue weighted by molar-refractivity contribution is -0.135. The molecule has 1 fully saturated rings. The highest BCUT2D eigenvalue weighted by atomic mass is 16.3. The SMILES string of the molecule is CCCC[C@@H]1C[C@H](O)C(=O)N1Cc1ccccc1. The van der Waals surface area contributed by atoms with E-state index in [1.165, 1.54) is 0 Å². The first kappa shape index (κ1) is 13.1. The molecule has 0 unspecified atom stereocenters. The second-order valence-electron chi connectivity index (χ2n) is 5.00. The molecule has 3 nitrogen and oxygen atoms in total. The minimum atomic E-state index is -0.796. The van der Waals surface area contributed by atoms with Gasteiger partial charge in [0.15, 0.2) is 0 Å². The van der Waals surface area contributed by atoms with Crippen LogP contribution in [0, 0.1) is 0 Å². The van der Waals surface area contributed by atoms with Crippen molar-refractivity contribution in [2.24, 2.45) is 0 Å². The summed E-state index contributed by atoms with van der Waals surface area (Å²) >= 11 is 0. The van der Waals surface area contributed by atoms with Gasteiger partial charge in [0.1, 0.15) is 6.10 Å². The number of rotatable bonds is 5. The van der Waals surface area contributed by atoms with E-state index in [-0.39, 0.29) is 11.9 Å². The summed E-state index contributed by atoms with van der Waals surface area (Å²) in [4.78, 5) is 13.8. The van der Waals surface area contributed by atoms with Crippen LogP contribution in [0.5, 0.6) is 0 Å². The van der Waals surface area contributed by atoms with Crippen LogP contribution >= 0.6 is 0 Å². The average molecular weight is 247 g/mol. The van der Waals surface area contributed by atoms with Crippen molar-refractivity contribution >= 4 is 5.91 Å². The van der Waals surface area contributed by atoms with Crippen molar-refractivity contribution in [1.29, 1.82) is 0 Å². The molecular formula is C15H21NO2. The van der Waals surface area contributed by atoms with Gasteiger partial charge < -0.3 is 10.0 Å². The number of carbonyl (C=O) groups excluding carboxylic acids is 1. The molecule has 18 heavy (non-hydrogen) atoms. The Labute approximate surface area is 108 Å². The van der Waals surface area contributed by atoms with Gasteiger partial charge in [-0.3, -0.25) is 4.79 Å². The summed E-state index contributed by atoms with van der Waals surface area (Å²) in [6, 6.07) is 10.2. The van der Waals surface area contributed by atoms with Crippen LogP contribution in [0.2, 0.25) is 0 Å². The molecule has 0 aliphatic carbocycles. The molecule has 0 aromatic heterocycles. The van der Waals surface area contributed by atoms with E-state index in [4.69, 9.17) is 0 Å². The molecule has 0 spiro atoms. The zero-order valence-corrected chi connectivity index (χ0v) is 10.9. The molecule has 98 valence electrons. The number of aliphatic hydroxyl groups is 1. The van der Waals surface area contributed by atoms with Gasteiger partial charge in [0.25, 0.3) is 5.91 Å². The van der Waals surface area contributed by atoms with Gasteiger partial charge in [0.2, 0.25) is 0 Å². The van der Waals surface area contributed by atoms with Crippen molar-refractivity contribution in [3.8, 4) is 0 Å². The lowest BCUT2D eigenvalue weighted by atomic mass is 10.1. The zero-order chi connectivity index (χ0) is 13.0. The monoisotopic (exact) mass is 247 g/mol. The van der Waals surface area contributed by atoms with E-state index in [1.54, 1.807) is 0 Å². The quantitative estimate of drug-likeness (QED) is 0.867. The number of hydrogen-bond donors (Lipinski definition) is 1. The molecular weight excluding hydrogens is 226 g/mol. The van der Waals surface area contributed by atoms with Gasteiger partial charge in [-0.1, -0.05) is 50.1 Å². The Morgan fingerprint density at radius 3 is 2.72 bits per heavy atom. The largest absolute Gasteiger partial charge is 0.383 e. The fourth-order valence-corrected chi connectivity index (χ4v) is 2.56. The Kier molecular flexibility index (Phi) is 4.37. The summed E-state index contributed by atoms with van der Waals surface area (Å²) in [5.74, 6) is -0.111. The number of benzene rings is 1. The predicted molar refractivity (Wildman–Crippen MR) is 70.9 cm³/mol. The van der Waals surface area contributed by atoms with Crippen molar-refractivity contribution in [2.75, 3.05) is 0 Å². The fraction of sp³-hybridized carbons (Fsp3) is 0.533. The van der Waals surface area contributed by atoms with Gasteiger partial charge >= 0.3 is 0 Å². The third kappa shape index (κ3) is 2.91. The normalized spacial score (nSPS) is 23.7. The first-order valence-electron chi connectivity index (χ1n) is 6.75. The van der Waals surface area contributed by atoms with Crippen LogP contribution < -0.4 is 0 Å². The number of amides is 1. The van der Waals surface area contributed by atoms with E-state index in [0.717, 1.165) is 24.8 Å². The molecule has 0 saturated carbocycles. The van der Waals surface area contributed by atoms with Crippen LogP contribution in [0.1, 0.15) is 38.2 Å². The highest BCUT2D eigenvalue weighted by Gasteiger charge is 2.37. The van der Waals surface area contributed by atoms with Crippen LogP contribution in [-0.4, -0.2) is 28.1 Å². The fourth-order valence-electron chi connectivity index (χ4n) is 2.56. The van der Waals surface area contributed by atoms with Crippen LogP contribution in [0.15, 0.2) is 30.3 Å². The molecule has 3 heteroatoms. The van der Waals surface area contributed by atoms with E-state index in [0.29, 0.717) is 13.0 Å². The topological polar surface area (TPSA) is 40.5 Å². The zero-order valence-electron chi connectivity index (χ0n) is 10.9. The minimum Gasteiger partial charge on any atom is -0.383 e. The Hall–Kier alpha value is -1.35. The highest BCUT2D eigenvalue weighted by Crippen LogP contribution is 2.25. The second-order valence-corrected chi connectivity index (χ2v) is 5.00. The summed E-state index contributed by atoms with van der Waals surface area (Å²) < 4.78 is 0. The third-order valence-electron chi connectivity index (χ3n) is 3.59. The van der Waals surface area contributed by atoms with Gasteiger partial charge in [0, 0.05) is 19.0 Å². The molecule has 1 aromatic rings. The number of carbonyl (C=O) groups is 1. The number of aliphatic hydroxyl groups excluding tert-OH is 1. The van der Waals surface area contributed by atoms with E-state index in [2.05, 4.69) is 6.92 Å². The summed E-state index contributed by atoms with van der Waals surface area (Å²) in [7, 11) is 0. The van der Waals surface area contributed by atoms with Gasteiger partial charge in [-0.2, -0.15) is 0 Å². The molecule has 0 radical (unpaired) electrons. The third-order valence-corrected chi connectivity index (χ3v) is 3.59. The summed E-state index contributed by atoms with van der Waals surface area (Å²) in [5.41, 5.74) is 1.13. The Balaban J connectivity index is 2.05. The Morgan fingerprint density at radius 2 is 2.06 bits per heavy atom. The maximum atomic E-state index is 12.0. The average Bonchev–Trinajstić information content (AvgIpc) is 2.65. The van der Waals surface area contributed by atoms with Crippen LogP contribution in [-0.2, 0) is 11.3 Å². The van der Waals surface area contributed by atoms with E-state index < -0.39 is 6.10 Å². The Morgan fingerprint density at radius 1 is 1.33 bits per heavy atom. The van der Waals surface area contributed by atoms with Gasteiger partial charge in [0.05, 0.1) is 0 Å². The molecule has 2 rings (SSSR count). The molecule has 1 saturated heterocycles. The first-order chi connectivity index (χ1) is 8.72. The first-order valence-corrected chi connectivity index (χ1v) is 6.75. The predicted octanol–water partition coefficient (Wildman–Crippen LogP) is 2.34. The molecule has 1 N–H and O–H groups in total. The summed E-state index contributed by atoms with van der Waals surface area (Å²) in [5, 5.41) is 9.72. The molecule has 1 amide bonds. The van der Waals surface area contributed by atoms with Crippen molar-refractivity contribution in [3.05, 3.63) is 35.9 Å². The number of likely N-dealkylation sites (tertiary alicyclic amines) is 1. The maximum Gasteiger partial charge on any atom is 0.252 e. The molecule has 2 atom stereocenters. The number of nitrogens with zero attached hydrogens (tertiary/aromatic N) is 1. The van der Waals surface area contributed by atoms with E-state index in [1.807, 2.05) is 35.2 Å². The minimum absolute atomic E-state index is 0.111. The maximum absolute atomic E-state index is 12.0. The Bertz CT molecular complexity index is 391. The summed E-state index contributed by atoms with van der Waals surface area (Å²) in [6.07, 6.45) is 3.02. The van der Waals surface area contributed by atoms with Gasteiger partial charge in [-0.05, 0) is 12.0 Å². The molecule has 1 aliphatic heterocycles. The number of unbranched alkanes of at least 4 members (excludes halogenated alkanes) is 1. The van der Waals surface area contributed by atoms with Crippen LogP contribution in [0.4, 0.5) is 0 Å². The lowest BCUT2D eigenvalue weighted by Crippen LogP contribution is -2.34. The summed E-state index contributed by atoms with van der Waals surface area (Å²) in [6.45, 7) is 2.76. The van der Waals surface area contributed by atoms with Crippen molar-refractivity contribution in [1.82, 2.24) is 4.90 Å². The number of hydrogen-bond acceptors (Lipinski definition) is 2. The van der Waals surface area contributed by atoms with Gasteiger partial charge in [-0.25, -0.2) is 0 Å². The van der Waals surface area contributed by atoms with Crippen molar-refractivity contribution in [2.45, 2.75) is 51.3 Å². The smallest absolute Gasteiger partial charge is 0.252 e.